The average Bonchev–Trinajstić information content (AvgIpc) is 2.71. The molecule has 0 amide bonds. The van der Waals surface area contributed by atoms with Crippen LogP contribution >= 0.6 is 11.3 Å². The molecule has 0 spiro atoms. The Labute approximate surface area is 92.6 Å². The van der Waals surface area contributed by atoms with E-state index in [2.05, 4.69) is 15.3 Å². The van der Waals surface area contributed by atoms with Crippen molar-refractivity contribution in [2.75, 3.05) is 24.3 Å². The van der Waals surface area contributed by atoms with Crippen molar-refractivity contribution < 1.29 is 0 Å². The van der Waals surface area contributed by atoms with Crippen LogP contribution in [-0.4, -0.2) is 24.1 Å². The highest BCUT2D eigenvalue weighted by atomic mass is 32.1. The van der Waals surface area contributed by atoms with Crippen molar-refractivity contribution in [1.29, 1.82) is 0 Å². The Morgan fingerprint density at radius 3 is 2.87 bits per heavy atom. The molecule has 2 aromatic heterocycles. The van der Waals surface area contributed by atoms with Gasteiger partial charge in [0.05, 0.1) is 5.69 Å². The van der Waals surface area contributed by atoms with Gasteiger partial charge in [-0.2, -0.15) is 11.3 Å². The van der Waals surface area contributed by atoms with Gasteiger partial charge in [-0.1, -0.05) is 0 Å². The fraction of sp³-hybridized carbons (Fsp3) is 0.200. The molecule has 0 aliphatic heterocycles. The van der Waals surface area contributed by atoms with Crippen molar-refractivity contribution in [2.24, 2.45) is 0 Å². The van der Waals surface area contributed by atoms with Crippen molar-refractivity contribution in [1.82, 2.24) is 9.97 Å². The molecule has 0 radical (unpaired) electrons. The standard InChI is InChI=1S/C10H12N4S/c1-14(2)10-5-9(11-7-12-10)13-8-3-4-15-6-8/h3-7H,1-2H3,(H,11,12,13). The molecule has 5 heteroatoms. The van der Waals surface area contributed by atoms with Gasteiger partial charge in [0.2, 0.25) is 0 Å². The van der Waals surface area contributed by atoms with Gasteiger partial charge in [-0.15, -0.1) is 0 Å². The Morgan fingerprint density at radius 1 is 1.33 bits per heavy atom. The number of hydrogen-bond donors (Lipinski definition) is 1. The minimum absolute atomic E-state index is 0.812. The van der Waals surface area contributed by atoms with E-state index >= 15 is 0 Å². The van der Waals surface area contributed by atoms with Crippen LogP contribution in [0.4, 0.5) is 17.3 Å². The van der Waals surface area contributed by atoms with Crippen molar-refractivity contribution in [3.63, 3.8) is 0 Å². The number of thiophene rings is 1. The largest absolute Gasteiger partial charge is 0.363 e. The second-order valence-corrected chi connectivity index (χ2v) is 4.07. The van der Waals surface area contributed by atoms with E-state index in [0.717, 1.165) is 17.3 Å². The SMILES string of the molecule is CN(C)c1cc(Nc2ccsc2)ncn1. The predicted octanol–water partition coefficient (Wildman–Crippen LogP) is 2.35. The lowest BCUT2D eigenvalue weighted by Gasteiger charge is -2.11. The monoisotopic (exact) mass is 220 g/mol. The smallest absolute Gasteiger partial charge is 0.135 e. The Morgan fingerprint density at radius 2 is 2.20 bits per heavy atom. The lowest BCUT2D eigenvalue weighted by molar-refractivity contribution is 1.04. The summed E-state index contributed by atoms with van der Waals surface area (Å²) < 4.78 is 0. The summed E-state index contributed by atoms with van der Waals surface area (Å²) in [6.07, 6.45) is 1.56. The van der Waals surface area contributed by atoms with Crippen LogP contribution in [0.25, 0.3) is 0 Å². The predicted molar refractivity (Wildman–Crippen MR) is 64.0 cm³/mol. The quantitative estimate of drug-likeness (QED) is 0.862. The Bertz CT molecular complexity index is 425. The van der Waals surface area contributed by atoms with E-state index in [1.807, 2.05) is 41.9 Å². The third kappa shape index (κ3) is 2.44. The summed E-state index contributed by atoms with van der Waals surface area (Å²) in [6, 6.07) is 3.93. The van der Waals surface area contributed by atoms with E-state index in [1.165, 1.54) is 0 Å². The van der Waals surface area contributed by atoms with Gasteiger partial charge in [0.25, 0.3) is 0 Å². The van der Waals surface area contributed by atoms with Crippen LogP contribution in [0.3, 0.4) is 0 Å². The zero-order chi connectivity index (χ0) is 10.7. The number of aromatic nitrogens is 2. The number of rotatable bonds is 3. The normalized spacial score (nSPS) is 10.0. The van der Waals surface area contributed by atoms with Crippen LogP contribution in [0.15, 0.2) is 29.2 Å². The highest BCUT2D eigenvalue weighted by Gasteiger charge is 2.00. The van der Waals surface area contributed by atoms with Gasteiger partial charge in [0.15, 0.2) is 0 Å². The molecule has 0 aliphatic carbocycles. The van der Waals surface area contributed by atoms with Crippen molar-refractivity contribution >= 4 is 28.7 Å². The molecule has 0 atom stereocenters. The van der Waals surface area contributed by atoms with Gasteiger partial charge in [0.1, 0.15) is 18.0 Å². The first-order valence-electron chi connectivity index (χ1n) is 4.54. The van der Waals surface area contributed by atoms with Crippen molar-refractivity contribution in [2.45, 2.75) is 0 Å². The van der Waals surface area contributed by atoms with E-state index in [1.54, 1.807) is 17.7 Å². The molecule has 2 aromatic rings. The van der Waals surface area contributed by atoms with E-state index in [0.29, 0.717) is 0 Å². The summed E-state index contributed by atoms with van der Waals surface area (Å²) in [7, 11) is 3.91. The average molecular weight is 220 g/mol. The second kappa shape index (κ2) is 4.27. The molecule has 0 unspecified atom stereocenters. The van der Waals surface area contributed by atoms with Gasteiger partial charge in [-0.3, -0.25) is 0 Å². The van der Waals surface area contributed by atoms with E-state index < -0.39 is 0 Å². The van der Waals surface area contributed by atoms with Crippen LogP contribution in [-0.2, 0) is 0 Å². The molecule has 15 heavy (non-hydrogen) atoms. The first kappa shape index (κ1) is 9.92. The lowest BCUT2D eigenvalue weighted by Crippen LogP contribution is -2.11. The molecule has 0 aromatic carbocycles. The molecule has 0 bridgehead atoms. The first-order chi connectivity index (χ1) is 7.25. The molecule has 78 valence electrons. The highest BCUT2D eigenvalue weighted by Crippen LogP contribution is 2.19. The highest BCUT2D eigenvalue weighted by molar-refractivity contribution is 7.08. The lowest BCUT2D eigenvalue weighted by atomic mass is 10.4. The maximum atomic E-state index is 4.15. The number of nitrogens with zero attached hydrogens (tertiary/aromatic N) is 3. The summed E-state index contributed by atoms with van der Waals surface area (Å²) in [4.78, 5) is 10.2. The van der Waals surface area contributed by atoms with Gasteiger partial charge >= 0.3 is 0 Å². The molecule has 1 N–H and O–H groups in total. The summed E-state index contributed by atoms with van der Waals surface area (Å²) >= 11 is 1.65. The Balaban J connectivity index is 2.18. The number of anilines is 3. The zero-order valence-corrected chi connectivity index (χ0v) is 9.45. The maximum Gasteiger partial charge on any atom is 0.135 e. The molecule has 2 heterocycles. The van der Waals surface area contributed by atoms with Gasteiger partial charge in [0, 0.05) is 25.5 Å². The summed E-state index contributed by atoms with van der Waals surface area (Å²) in [6.45, 7) is 0. The van der Waals surface area contributed by atoms with E-state index in [4.69, 9.17) is 0 Å². The molecule has 0 saturated heterocycles. The summed E-state index contributed by atoms with van der Waals surface area (Å²) in [5, 5.41) is 7.28. The molecular weight excluding hydrogens is 208 g/mol. The summed E-state index contributed by atoms with van der Waals surface area (Å²) in [5.41, 5.74) is 1.06. The minimum atomic E-state index is 0.812. The molecule has 0 aliphatic rings. The van der Waals surface area contributed by atoms with Crippen LogP contribution in [0.1, 0.15) is 0 Å². The maximum absolute atomic E-state index is 4.15. The van der Waals surface area contributed by atoms with Crippen LogP contribution in [0, 0.1) is 0 Å². The Kier molecular flexibility index (Phi) is 2.82. The molecule has 4 nitrogen and oxygen atoms in total. The minimum Gasteiger partial charge on any atom is -0.363 e. The van der Waals surface area contributed by atoms with Gasteiger partial charge < -0.3 is 10.2 Å². The van der Waals surface area contributed by atoms with E-state index in [-0.39, 0.29) is 0 Å². The Hall–Kier alpha value is -1.62. The molecule has 0 fully saturated rings. The van der Waals surface area contributed by atoms with Gasteiger partial charge in [-0.25, -0.2) is 9.97 Å². The van der Waals surface area contributed by atoms with Crippen molar-refractivity contribution in [3.8, 4) is 0 Å². The fourth-order valence-corrected chi connectivity index (χ4v) is 1.73. The van der Waals surface area contributed by atoms with Crippen LogP contribution in [0.5, 0.6) is 0 Å². The van der Waals surface area contributed by atoms with Crippen LogP contribution < -0.4 is 10.2 Å². The fourth-order valence-electron chi connectivity index (χ4n) is 1.14. The number of hydrogen-bond acceptors (Lipinski definition) is 5. The van der Waals surface area contributed by atoms with Crippen molar-refractivity contribution in [3.05, 3.63) is 29.2 Å². The summed E-state index contributed by atoms with van der Waals surface area (Å²) in [5.74, 6) is 1.70. The van der Waals surface area contributed by atoms with Crippen LogP contribution in [0.2, 0.25) is 0 Å². The second-order valence-electron chi connectivity index (χ2n) is 3.29. The molecule has 0 saturated carbocycles. The first-order valence-corrected chi connectivity index (χ1v) is 5.48. The van der Waals surface area contributed by atoms with E-state index in [9.17, 15) is 0 Å². The third-order valence-corrected chi connectivity index (χ3v) is 2.59. The van der Waals surface area contributed by atoms with Gasteiger partial charge in [-0.05, 0) is 11.4 Å². The molecule has 2 rings (SSSR count). The zero-order valence-electron chi connectivity index (χ0n) is 8.64. The third-order valence-electron chi connectivity index (χ3n) is 1.90. The number of nitrogens with one attached hydrogen (secondary N) is 1. The molecular formula is C10H12N4S. The topological polar surface area (TPSA) is 41.0 Å².